The number of carbonyl (C=O) groups excluding carboxylic acids is 1. The Morgan fingerprint density at radius 3 is 2.65 bits per heavy atom. The van der Waals surface area contributed by atoms with Crippen LogP contribution >= 0.6 is 23.1 Å². The SMILES string of the molecule is CCc1ccc(C(=O)CSc2ccc(S(=O)(=O)N3CCOCC3)cn2)s1. The van der Waals surface area contributed by atoms with Crippen molar-refractivity contribution in [2.75, 3.05) is 32.1 Å². The number of aryl methyl sites for hydroxylation is 1. The Balaban J connectivity index is 1.61. The van der Waals surface area contributed by atoms with E-state index in [0.717, 1.165) is 11.3 Å². The van der Waals surface area contributed by atoms with E-state index in [1.165, 1.54) is 38.5 Å². The molecule has 9 heteroatoms. The molecule has 3 heterocycles. The summed E-state index contributed by atoms with van der Waals surface area (Å²) in [6.45, 7) is 3.59. The molecule has 140 valence electrons. The maximum atomic E-state index is 12.6. The van der Waals surface area contributed by atoms with Crippen molar-refractivity contribution < 1.29 is 17.9 Å². The minimum atomic E-state index is -3.54. The van der Waals surface area contributed by atoms with Crippen LogP contribution in [0.1, 0.15) is 21.5 Å². The fraction of sp³-hybridized carbons (Fsp3) is 0.412. The van der Waals surface area contributed by atoms with Gasteiger partial charge in [0.25, 0.3) is 0 Å². The van der Waals surface area contributed by atoms with Gasteiger partial charge < -0.3 is 4.74 Å². The average Bonchev–Trinajstić information content (AvgIpc) is 3.16. The Morgan fingerprint density at radius 1 is 1.27 bits per heavy atom. The van der Waals surface area contributed by atoms with E-state index in [1.54, 1.807) is 12.1 Å². The second kappa shape index (κ2) is 8.62. The van der Waals surface area contributed by atoms with Crippen LogP contribution in [-0.2, 0) is 21.2 Å². The standard InChI is InChI=1S/C17H20N2O4S3/c1-2-13-3-5-16(25-13)15(20)12-24-17-6-4-14(11-18-17)26(21,22)19-7-9-23-10-8-19/h3-6,11H,2,7-10,12H2,1H3. The third kappa shape index (κ3) is 4.52. The molecular formula is C17H20N2O4S3. The lowest BCUT2D eigenvalue weighted by Gasteiger charge is -2.25. The van der Waals surface area contributed by atoms with Crippen molar-refractivity contribution in [3.63, 3.8) is 0 Å². The third-order valence-corrected chi connectivity index (χ3v) is 8.05. The van der Waals surface area contributed by atoms with E-state index >= 15 is 0 Å². The number of thiophene rings is 1. The number of ether oxygens (including phenoxy) is 1. The summed E-state index contributed by atoms with van der Waals surface area (Å²) < 4.78 is 31.7. The number of nitrogens with zero attached hydrogens (tertiary/aromatic N) is 2. The molecule has 0 bridgehead atoms. The third-order valence-electron chi connectivity index (χ3n) is 3.95. The first-order valence-corrected chi connectivity index (χ1v) is 11.5. The molecule has 1 aliphatic rings. The Bertz CT molecular complexity index is 856. The molecule has 0 amide bonds. The second-order valence-electron chi connectivity index (χ2n) is 5.68. The molecule has 0 radical (unpaired) electrons. The number of ketones is 1. The van der Waals surface area contributed by atoms with Gasteiger partial charge in [-0.3, -0.25) is 4.79 Å². The highest BCUT2D eigenvalue weighted by Gasteiger charge is 2.26. The van der Waals surface area contributed by atoms with Crippen LogP contribution in [0.25, 0.3) is 0 Å². The highest BCUT2D eigenvalue weighted by Crippen LogP contribution is 2.23. The molecule has 1 saturated heterocycles. The van der Waals surface area contributed by atoms with Gasteiger partial charge in [-0.25, -0.2) is 13.4 Å². The predicted molar refractivity (Wildman–Crippen MR) is 103 cm³/mol. The molecule has 3 rings (SSSR count). The topological polar surface area (TPSA) is 76.6 Å². The highest BCUT2D eigenvalue weighted by molar-refractivity contribution is 8.00. The van der Waals surface area contributed by atoms with E-state index in [0.29, 0.717) is 31.3 Å². The first kappa shape index (κ1) is 19.5. The number of rotatable bonds is 7. The average molecular weight is 413 g/mol. The van der Waals surface area contributed by atoms with E-state index in [9.17, 15) is 13.2 Å². The quantitative estimate of drug-likeness (QED) is 0.514. The number of Topliss-reactive ketones (excluding diaryl/α,β-unsaturated/α-hetero) is 1. The summed E-state index contributed by atoms with van der Waals surface area (Å²) in [5.74, 6) is 0.346. The summed E-state index contributed by atoms with van der Waals surface area (Å²) in [4.78, 5) is 18.5. The predicted octanol–water partition coefficient (Wildman–Crippen LogP) is 2.70. The normalized spacial score (nSPS) is 15.9. The van der Waals surface area contributed by atoms with Gasteiger partial charge in [-0.05, 0) is 30.7 Å². The summed E-state index contributed by atoms with van der Waals surface area (Å²) in [6.07, 6.45) is 2.28. The summed E-state index contributed by atoms with van der Waals surface area (Å²) in [5, 5.41) is 0.631. The number of hydrogen-bond donors (Lipinski definition) is 0. The van der Waals surface area contributed by atoms with Crippen molar-refractivity contribution in [3.05, 3.63) is 40.2 Å². The fourth-order valence-electron chi connectivity index (χ4n) is 2.47. The van der Waals surface area contributed by atoms with Gasteiger partial charge >= 0.3 is 0 Å². The molecule has 6 nitrogen and oxygen atoms in total. The van der Waals surface area contributed by atoms with E-state index in [2.05, 4.69) is 11.9 Å². The molecule has 0 unspecified atom stereocenters. The van der Waals surface area contributed by atoms with E-state index < -0.39 is 10.0 Å². The van der Waals surface area contributed by atoms with Crippen LogP contribution in [-0.4, -0.2) is 55.5 Å². The number of carbonyl (C=O) groups is 1. The van der Waals surface area contributed by atoms with Gasteiger partial charge in [0.1, 0.15) is 4.90 Å². The lowest BCUT2D eigenvalue weighted by Crippen LogP contribution is -2.40. The lowest BCUT2D eigenvalue weighted by molar-refractivity contribution is 0.0730. The Labute approximate surface area is 161 Å². The minimum Gasteiger partial charge on any atom is -0.379 e. The molecule has 0 aliphatic carbocycles. The maximum Gasteiger partial charge on any atom is 0.244 e. The second-order valence-corrected chi connectivity index (χ2v) is 9.78. The number of sulfonamides is 1. The van der Waals surface area contributed by atoms with Crippen molar-refractivity contribution in [2.45, 2.75) is 23.3 Å². The summed E-state index contributed by atoms with van der Waals surface area (Å²) in [7, 11) is -3.54. The lowest BCUT2D eigenvalue weighted by atomic mass is 10.3. The smallest absolute Gasteiger partial charge is 0.244 e. The molecule has 2 aromatic rings. The minimum absolute atomic E-state index is 0.0616. The molecule has 0 N–H and O–H groups in total. The first-order chi connectivity index (χ1) is 12.5. The fourth-order valence-corrected chi connectivity index (χ4v) is 5.53. The zero-order chi connectivity index (χ0) is 18.6. The van der Waals surface area contributed by atoms with Crippen LogP contribution in [0.2, 0.25) is 0 Å². The molecule has 0 saturated carbocycles. The monoisotopic (exact) mass is 412 g/mol. The van der Waals surface area contributed by atoms with Gasteiger partial charge in [0, 0.05) is 24.2 Å². The zero-order valence-electron chi connectivity index (χ0n) is 14.4. The van der Waals surface area contributed by atoms with Crippen molar-refractivity contribution in [1.29, 1.82) is 0 Å². The van der Waals surface area contributed by atoms with Crippen molar-refractivity contribution in [3.8, 4) is 0 Å². The molecule has 2 aromatic heterocycles. The Hall–Kier alpha value is -1.26. The van der Waals surface area contributed by atoms with E-state index in [-0.39, 0.29) is 16.4 Å². The number of morpholine rings is 1. The first-order valence-electron chi connectivity index (χ1n) is 8.29. The van der Waals surface area contributed by atoms with Gasteiger partial charge in [0.05, 0.1) is 28.9 Å². The van der Waals surface area contributed by atoms with Gasteiger partial charge in [0.2, 0.25) is 10.0 Å². The van der Waals surface area contributed by atoms with Crippen LogP contribution in [0.15, 0.2) is 40.4 Å². The molecular weight excluding hydrogens is 392 g/mol. The van der Waals surface area contributed by atoms with Crippen molar-refractivity contribution in [2.24, 2.45) is 0 Å². The van der Waals surface area contributed by atoms with E-state index in [4.69, 9.17) is 4.74 Å². The molecule has 0 aromatic carbocycles. The van der Waals surface area contributed by atoms with Crippen LogP contribution in [0, 0.1) is 0 Å². The Kier molecular flexibility index (Phi) is 6.46. The number of aromatic nitrogens is 1. The Morgan fingerprint density at radius 2 is 2.04 bits per heavy atom. The van der Waals surface area contributed by atoms with Gasteiger partial charge in [-0.2, -0.15) is 4.31 Å². The number of hydrogen-bond acceptors (Lipinski definition) is 7. The van der Waals surface area contributed by atoms with Gasteiger partial charge in [0.15, 0.2) is 5.78 Å². The maximum absolute atomic E-state index is 12.6. The van der Waals surface area contributed by atoms with Crippen molar-refractivity contribution in [1.82, 2.24) is 9.29 Å². The summed E-state index contributed by atoms with van der Waals surface area (Å²) in [6, 6.07) is 7.03. The van der Waals surface area contributed by atoms with Crippen LogP contribution < -0.4 is 0 Å². The largest absolute Gasteiger partial charge is 0.379 e. The number of thioether (sulfide) groups is 1. The summed E-state index contributed by atoms with van der Waals surface area (Å²) >= 11 is 2.83. The van der Waals surface area contributed by atoms with Crippen LogP contribution in [0.4, 0.5) is 0 Å². The van der Waals surface area contributed by atoms with Crippen molar-refractivity contribution >= 4 is 38.9 Å². The molecule has 26 heavy (non-hydrogen) atoms. The number of pyridine rings is 1. The highest BCUT2D eigenvalue weighted by atomic mass is 32.2. The molecule has 0 spiro atoms. The van der Waals surface area contributed by atoms with Gasteiger partial charge in [-0.1, -0.05) is 18.7 Å². The van der Waals surface area contributed by atoms with Crippen LogP contribution in [0.5, 0.6) is 0 Å². The molecule has 1 fully saturated rings. The molecule has 1 aliphatic heterocycles. The van der Waals surface area contributed by atoms with Crippen LogP contribution in [0.3, 0.4) is 0 Å². The molecule has 0 atom stereocenters. The summed E-state index contributed by atoms with van der Waals surface area (Å²) in [5.41, 5.74) is 0. The zero-order valence-corrected chi connectivity index (χ0v) is 16.8. The van der Waals surface area contributed by atoms with E-state index in [1.807, 2.05) is 12.1 Å². The van der Waals surface area contributed by atoms with Gasteiger partial charge in [-0.15, -0.1) is 11.3 Å².